The van der Waals surface area contributed by atoms with Crippen molar-refractivity contribution < 1.29 is 4.74 Å². The number of hydrogen-bond acceptors (Lipinski definition) is 4. The third kappa shape index (κ3) is 4.14. The first-order chi connectivity index (χ1) is 9.74. The highest BCUT2D eigenvalue weighted by Crippen LogP contribution is 2.28. The molecule has 0 radical (unpaired) electrons. The summed E-state index contributed by atoms with van der Waals surface area (Å²) in [6.45, 7) is 8.09. The number of rotatable bonds is 6. The van der Waals surface area contributed by atoms with Gasteiger partial charge in [-0.25, -0.2) is 0 Å². The van der Waals surface area contributed by atoms with Crippen LogP contribution in [0.4, 0.5) is 0 Å². The van der Waals surface area contributed by atoms with Gasteiger partial charge in [-0.2, -0.15) is 11.8 Å². The Hall–Kier alpha value is -0.710. The smallest absolute Gasteiger partial charge is 0.119 e. The fourth-order valence-electron chi connectivity index (χ4n) is 2.66. The van der Waals surface area contributed by atoms with Gasteiger partial charge < -0.3 is 10.5 Å². The molecule has 0 saturated carbocycles. The number of benzene rings is 1. The Morgan fingerprint density at radius 1 is 1.50 bits per heavy atom. The van der Waals surface area contributed by atoms with Crippen molar-refractivity contribution in [1.82, 2.24) is 4.90 Å². The van der Waals surface area contributed by atoms with Crippen molar-refractivity contribution in [2.24, 2.45) is 5.73 Å². The van der Waals surface area contributed by atoms with Gasteiger partial charge in [0.05, 0.1) is 6.61 Å². The molecule has 1 heterocycles. The van der Waals surface area contributed by atoms with Crippen LogP contribution in [0.3, 0.4) is 0 Å². The van der Waals surface area contributed by atoms with Gasteiger partial charge in [-0.05, 0) is 24.1 Å². The average molecular weight is 294 g/mol. The number of nitrogens with zero attached hydrogens (tertiary/aromatic N) is 1. The van der Waals surface area contributed by atoms with Crippen molar-refractivity contribution in [2.75, 3.05) is 32.0 Å². The molecule has 0 aliphatic carbocycles. The molecule has 2 rings (SSSR count). The first-order valence-electron chi connectivity index (χ1n) is 7.53. The molecule has 2 unspecified atom stereocenters. The maximum Gasteiger partial charge on any atom is 0.119 e. The standard InChI is InChI=1S/C16H26N2OS/c1-3-8-19-15-6-4-5-14(10-15)16(11-17)18-7-9-20-13(2)12-18/h4-6,10,13,16H,3,7-9,11-12,17H2,1-2H3. The third-order valence-electron chi connectivity index (χ3n) is 3.65. The van der Waals surface area contributed by atoms with Gasteiger partial charge in [0.15, 0.2) is 0 Å². The van der Waals surface area contributed by atoms with Gasteiger partial charge in [-0.3, -0.25) is 4.90 Å². The van der Waals surface area contributed by atoms with Crippen LogP contribution in [0, 0.1) is 0 Å². The fourth-order valence-corrected chi connectivity index (χ4v) is 3.70. The third-order valence-corrected chi connectivity index (χ3v) is 4.79. The lowest BCUT2D eigenvalue weighted by molar-refractivity contribution is 0.210. The van der Waals surface area contributed by atoms with Crippen LogP contribution >= 0.6 is 11.8 Å². The molecular weight excluding hydrogens is 268 g/mol. The number of thioether (sulfide) groups is 1. The van der Waals surface area contributed by atoms with Crippen LogP contribution in [-0.2, 0) is 0 Å². The Labute approximate surface area is 126 Å². The van der Waals surface area contributed by atoms with Crippen molar-refractivity contribution in [2.45, 2.75) is 31.6 Å². The molecule has 112 valence electrons. The minimum absolute atomic E-state index is 0.309. The molecule has 0 amide bonds. The molecule has 3 nitrogen and oxygen atoms in total. The van der Waals surface area contributed by atoms with E-state index >= 15 is 0 Å². The Kier molecular flexibility index (Phi) is 6.20. The summed E-state index contributed by atoms with van der Waals surface area (Å²) in [5.74, 6) is 2.16. The number of ether oxygens (including phenoxy) is 1. The highest BCUT2D eigenvalue weighted by molar-refractivity contribution is 7.99. The second-order valence-electron chi connectivity index (χ2n) is 5.35. The molecule has 1 fully saturated rings. The molecule has 1 aliphatic rings. The minimum Gasteiger partial charge on any atom is -0.494 e. The van der Waals surface area contributed by atoms with Gasteiger partial charge >= 0.3 is 0 Å². The molecule has 2 atom stereocenters. The van der Waals surface area contributed by atoms with E-state index in [2.05, 4.69) is 48.7 Å². The van der Waals surface area contributed by atoms with E-state index in [1.54, 1.807) is 0 Å². The molecule has 2 N–H and O–H groups in total. The van der Waals surface area contributed by atoms with E-state index in [1.165, 1.54) is 11.3 Å². The van der Waals surface area contributed by atoms with Crippen molar-refractivity contribution in [3.8, 4) is 5.75 Å². The number of hydrogen-bond donors (Lipinski definition) is 1. The molecule has 4 heteroatoms. The van der Waals surface area contributed by atoms with Crippen molar-refractivity contribution in [3.63, 3.8) is 0 Å². The van der Waals surface area contributed by atoms with E-state index in [9.17, 15) is 0 Å². The Morgan fingerprint density at radius 3 is 3.05 bits per heavy atom. The minimum atomic E-state index is 0.309. The highest BCUT2D eigenvalue weighted by atomic mass is 32.2. The summed E-state index contributed by atoms with van der Waals surface area (Å²) >= 11 is 2.05. The summed E-state index contributed by atoms with van der Waals surface area (Å²) in [4.78, 5) is 2.51. The van der Waals surface area contributed by atoms with Crippen LogP contribution in [0.2, 0.25) is 0 Å². The highest BCUT2D eigenvalue weighted by Gasteiger charge is 2.24. The molecule has 0 bridgehead atoms. The topological polar surface area (TPSA) is 38.5 Å². The van der Waals surface area contributed by atoms with Gasteiger partial charge in [0.2, 0.25) is 0 Å². The Balaban J connectivity index is 2.09. The van der Waals surface area contributed by atoms with Crippen LogP contribution in [0.1, 0.15) is 31.9 Å². The lowest BCUT2D eigenvalue weighted by Gasteiger charge is -2.36. The predicted molar refractivity (Wildman–Crippen MR) is 87.5 cm³/mol. The van der Waals surface area contributed by atoms with E-state index in [4.69, 9.17) is 10.5 Å². The van der Waals surface area contributed by atoms with Gasteiger partial charge in [0.25, 0.3) is 0 Å². The summed E-state index contributed by atoms with van der Waals surface area (Å²) in [5.41, 5.74) is 7.32. The van der Waals surface area contributed by atoms with Crippen LogP contribution < -0.4 is 10.5 Å². The maximum atomic E-state index is 6.04. The lowest BCUT2D eigenvalue weighted by Crippen LogP contribution is -2.42. The zero-order valence-corrected chi connectivity index (χ0v) is 13.4. The van der Waals surface area contributed by atoms with E-state index in [0.717, 1.165) is 31.9 Å². The molecule has 20 heavy (non-hydrogen) atoms. The zero-order valence-electron chi connectivity index (χ0n) is 12.5. The molecule has 1 aromatic carbocycles. The molecule has 1 saturated heterocycles. The average Bonchev–Trinajstić information content (AvgIpc) is 2.46. The summed E-state index contributed by atoms with van der Waals surface area (Å²) < 4.78 is 5.74. The van der Waals surface area contributed by atoms with Crippen molar-refractivity contribution in [3.05, 3.63) is 29.8 Å². The predicted octanol–water partition coefficient (Wildman–Crippen LogP) is 2.91. The Bertz CT molecular complexity index is 413. The maximum absolute atomic E-state index is 6.04. The van der Waals surface area contributed by atoms with Gasteiger partial charge in [0.1, 0.15) is 5.75 Å². The molecule has 0 spiro atoms. The van der Waals surface area contributed by atoms with E-state index in [1.807, 2.05) is 6.07 Å². The molecular formula is C16H26N2OS. The summed E-state index contributed by atoms with van der Waals surface area (Å²) in [6.07, 6.45) is 1.03. The van der Waals surface area contributed by atoms with Crippen LogP contribution in [0.5, 0.6) is 5.75 Å². The van der Waals surface area contributed by atoms with Gasteiger partial charge in [-0.15, -0.1) is 0 Å². The van der Waals surface area contributed by atoms with Crippen LogP contribution in [0.15, 0.2) is 24.3 Å². The fraction of sp³-hybridized carbons (Fsp3) is 0.625. The van der Waals surface area contributed by atoms with Gasteiger partial charge in [0, 0.05) is 36.7 Å². The van der Waals surface area contributed by atoms with E-state index in [-0.39, 0.29) is 0 Å². The van der Waals surface area contributed by atoms with E-state index in [0.29, 0.717) is 17.8 Å². The first kappa shape index (κ1) is 15.7. The van der Waals surface area contributed by atoms with E-state index < -0.39 is 0 Å². The summed E-state index contributed by atoms with van der Waals surface area (Å²) in [6, 6.07) is 8.73. The van der Waals surface area contributed by atoms with Crippen molar-refractivity contribution in [1.29, 1.82) is 0 Å². The number of nitrogens with two attached hydrogens (primary N) is 1. The second-order valence-corrected chi connectivity index (χ2v) is 6.90. The second kappa shape index (κ2) is 7.91. The monoisotopic (exact) mass is 294 g/mol. The first-order valence-corrected chi connectivity index (χ1v) is 8.58. The molecule has 1 aromatic rings. The molecule has 1 aliphatic heterocycles. The molecule has 0 aromatic heterocycles. The normalized spacial score (nSPS) is 21.6. The quantitative estimate of drug-likeness (QED) is 0.875. The lowest BCUT2D eigenvalue weighted by atomic mass is 10.0. The SMILES string of the molecule is CCCOc1cccc(C(CN)N2CCSC(C)C2)c1. The van der Waals surface area contributed by atoms with Crippen molar-refractivity contribution >= 4 is 11.8 Å². The Morgan fingerprint density at radius 2 is 2.35 bits per heavy atom. The van der Waals surface area contributed by atoms with Crippen LogP contribution in [-0.4, -0.2) is 42.1 Å². The summed E-state index contributed by atoms with van der Waals surface area (Å²) in [7, 11) is 0. The summed E-state index contributed by atoms with van der Waals surface area (Å²) in [5, 5.41) is 0.692. The largest absolute Gasteiger partial charge is 0.494 e. The zero-order chi connectivity index (χ0) is 14.4. The van der Waals surface area contributed by atoms with Crippen LogP contribution in [0.25, 0.3) is 0 Å². The van der Waals surface area contributed by atoms with Gasteiger partial charge in [-0.1, -0.05) is 26.0 Å².